The standard InChI is InChI=1S/C26H35N3O3/c1-2-23(22-12-7-4-8-13-22)25(30)28-24(20-21-10-5-3-6-11-21)26(31)27-14-9-15-29-16-18-32-19-17-29/h3-8,10-13,23-24H,2,9,14-20H2,1H3,(H,27,31)(H,28,30). The third-order valence-electron chi connectivity index (χ3n) is 5.90. The number of carbonyl (C=O) groups is 2. The van der Waals surface area contributed by atoms with Gasteiger partial charge in [-0.15, -0.1) is 0 Å². The summed E-state index contributed by atoms with van der Waals surface area (Å²) in [5, 5.41) is 6.06. The van der Waals surface area contributed by atoms with Crippen molar-refractivity contribution in [1.29, 1.82) is 0 Å². The highest BCUT2D eigenvalue weighted by Gasteiger charge is 2.26. The first-order valence-corrected chi connectivity index (χ1v) is 11.6. The second-order valence-corrected chi connectivity index (χ2v) is 8.22. The van der Waals surface area contributed by atoms with Crippen molar-refractivity contribution in [3.8, 4) is 0 Å². The fourth-order valence-corrected chi connectivity index (χ4v) is 4.05. The zero-order chi connectivity index (χ0) is 22.6. The van der Waals surface area contributed by atoms with Gasteiger partial charge >= 0.3 is 0 Å². The minimum Gasteiger partial charge on any atom is -0.379 e. The Labute approximate surface area is 191 Å². The zero-order valence-electron chi connectivity index (χ0n) is 19.0. The van der Waals surface area contributed by atoms with Crippen LogP contribution in [0.4, 0.5) is 0 Å². The van der Waals surface area contributed by atoms with Crippen molar-refractivity contribution in [3.05, 3.63) is 71.8 Å². The van der Waals surface area contributed by atoms with E-state index in [4.69, 9.17) is 4.74 Å². The van der Waals surface area contributed by atoms with Gasteiger partial charge < -0.3 is 15.4 Å². The summed E-state index contributed by atoms with van der Waals surface area (Å²) in [5.41, 5.74) is 1.99. The van der Waals surface area contributed by atoms with Gasteiger partial charge in [0.1, 0.15) is 6.04 Å². The highest BCUT2D eigenvalue weighted by atomic mass is 16.5. The number of carbonyl (C=O) groups excluding carboxylic acids is 2. The number of benzene rings is 2. The van der Waals surface area contributed by atoms with Crippen LogP contribution in [-0.2, 0) is 20.7 Å². The average molecular weight is 438 g/mol. The van der Waals surface area contributed by atoms with E-state index in [1.165, 1.54) is 0 Å². The molecular weight excluding hydrogens is 402 g/mol. The lowest BCUT2D eigenvalue weighted by Crippen LogP contribution is -2.49. The zero-order valence-corrected chi connectivity index (χ0v) is 19.0. The van der Waals surface area contributed by atoms with Gasteiger partial charge in [0.25, 0.3) is 0 Å². The van der Waals surface area contributed by atoms with E-state index in [-0.39, 0.29) is 17.7 Å². The summed E-state index contributed by atoms with van der Waals surface area (Å²) < 4.78 is 5.38. The van der Waals surface area contributed by atoms with E-state index < -0.39 is 6.04 Å². The second-order valence-electron chi connectivity index (χ2n) is 8.22. The molecule has 0 aromatic heterocycles. The highest BCUT2D eigenvalue weighted by molar-refractivity contribution is 5.90. The number of rotatable bonds is 11. The van der Waals surface area contributed by atoms with Gasteiger partial charge in [0.05, 0.1) is 19.1 Å². The van der Waals surface area contributed by atoms with Crippen molar-refractivity contribution in [2.45, 2.75) is 38.1 Å². The number of ether oxygens (including phenoxy) is 1. The smallest absolute Gasteiger partial charge is 0.242 e. The quantitative estimate of drug-likeness (QED) is 0.531. The molecule has 1 saturated heterocycles. The molecule has 1 heterocycles. The average Bonchev–Trinajstić information content (AvgIpc) is 2.84. The molecule has 2 aromatic carbocycles. The van der Waals surface area contributed by atoms with Crippen LogP contribution in [-0.4, -0.2) is 62.1 Å². The van der Waals surface area contributed by atoms with Gasteiger partial charge in [0, 0.05) is 26.1 Å². The van der Waals surface area contributed by atoms with Gasteiger partial charge in [-0.25, -0.2) is 0 Å². The Morgan fingerprint density at radius 1 is 0.969 bits per heavy atom. The van der Waals surface area contributed by atoms with Crippen LogP contribution < -0.4 is 10.6 Å². The number of morpholine rings is 1. The van der Waals surface area contributed by atoms with E-state index in [0.29, 0.717) is 19.4 Å². The maximum absolute atomic E-state index is 13.1. The molecule has 32 heavy (non-hydrogen) atoms. The molecule has 2 aromatic rings. The fraction of sp³-hybridized carbons (Fsp3) is 0.462. The Kier molecular flexibility index (Phi) is 9.72. The largest absolute Gasteiger partial charge is 0.379 e. The fourth-order valence-electron chi connectivity index (χ4n) is 4.05. The van der Waals surface area contributed by atoms with Crippen molar-refractivity contribution < 1.29 is 14.3 Å². The van der Waals surface area contributed by atoms with Crippen LogP contribution in [0.2, 0.25) is 0 Å². The van der Waals surface area contributed by atoms with Crippen molar-refractivity contribution in [1.82, 2.24) is 15.5 Å². The van der Waals surface area contributed by atoms with Gasteiger partial charge in [-0.1, -0.05) is 67.6 Å². The summed E-state index contributed by atoms with van der Waals surface area (Å²) in [5.74, 6) is -0.515. The van der Waals surface area contributed by atoms with Gasteiger partial charge in [-0.3, -0.25) is 14.5 Å². The second kappa shape index (κ2) is 13.0. The van der Waals surface area contributed by atoms with E-state index in [1.54, 1.807) is 0 Å². The third-order valence-corrected chi connectivity index (χ3v) is 5.90. The number of hydrogen-bond donors (Lipinski definition) is 2. The summed E-state index contributed by atoms with van der Waals surface area (Å²) >= 11 is 0. The van der Waals surface area contributed by atoms with Crippen LogP contribution in [0.15, 0.2) is 60.7 Å². The van der Waals surface area contributed by atoms with E-state index in [0.717, 1.165) is 50.4 Å². The van der Waals surface area contributed by atoms with Crippen LogP contribution >= 0.6 is 0 Å². The molecule has 0 radical (unpaired) electrons. The summed E-state index contributed by atoms with van der Waals surface area (Å²) in [6.07, 6.45) is 2.02. The number of nitrogens with zero attached hydrogens (tertiary/aromatic N) is 1. The van der Waals surface area contributed by atoms with E-state index in [9.17, 15) is 9.59 Å². The van der Waals surface area contributed by atoms with E-state index in [2.05, 4.69) is 15.5 Å². The Bertz CT molecular complexity index is 823. The Balaban J connectivity index is 1.59. The maximum Gasteiger partial charge on any atom is 0.242 e. The SMILES string of the molecule is CCC(C(=O)NC(Cc1ccccc1)C(=O)NCCCN1CCOCC1)c1ccccc1. The maximum atomic E-state index is 13.1. The first-order valence-electron chi connectivity index (χ1n) is 11.6. The minimum absolute atomic E-state index is 0.108. The summed E-state index contributed by atoms with van der Waals surface area (Å²) in [4.78, 5) is 28.5. The van der Waals surface area contributed by atoms with Gasteiger partial charge in [-0.05, 0) is 30.5 Å². The normalized spacial score (nSPS) is 16.2. The third kappa shape index (κ3) is 7.46. The van der Waals surface area contributed by atoms with E-state index in [1.807, 2.05) is 67.6 Å². The molecule has 6 heteroatoms. The molecule has 0 saturated carbocycles. The molecule has 3 rings (SSSR count). The lowest BCUT2D eigenvalue weighted by Gasteiger charge is -2.26. The molecule has 2 amide bonds. The molecule has 1 aliphatic heterocycles. The van der Waals surface area contributed by atoms with Crippen molar-refractivity contribution in [3.63, 3.8) is 0 Å². The van der Waals surface area contributed by atoms with Crippen molar-refractivity contribution in [2.75, 3.05) is 39.4 Å². The molecule has 6 nitrogen and oxygen atoms in total. The van der Waals surface area contributed by atoms with Gasteiger partial charge in [-0.2, -0.15) is 0 Å². The monoisotopic (exact) mass is 437 g/mol. The summed E-state index contributed by atoms with van der Waals surface area (Å²) in [6, 6.07) is 19.0. The molecular formula is C26H35N3O3. The predicted molar refractivity (Wildman–Crippen MR) is 126 cm³/mol. The molecule has 0 bridgehead atoms. The van der Waals surface area contributed by atoms with Gasteiger partial charge in [0.2, 0.25) is 11.8 Å². The summed E-state index contributed by atoms with van der Waals surface area (Å²) in [6.45, 7) is 6.96. The van der Waals surface area contributed by atoms with Crippen LogP contribution in [0, 0.1) is 0 Å². The van der Waals surface area contributed by atoms with Crippen LogP contribution in [0.1, 0.15) is 36.8 Å². The van der Waals surface area contributed by atoms with Crippen LogP contribution in [0.3, 0.4) is 0 Å². The van der Waals surface area contributed by atoms with Crippen molar-refractivity contribution in [2.24, 2.45) is 0 Å². The first-order chi connectivity index (χ1) is 15.7. The molecule has 1 fully saturated rings. The minimum atomic E-state index is -0.606. The molecule has 1 aliphatic rings. The van der Waals surface area contributed by atoms with Gasteiger partial charge in [0.15, 0.2) is 0 Å². The Morgan fingerprint density at radius 2 is 1.62 bits per heavy atom. The Hall–Kier alpha value is -2.70. The lowest BCUT2D eigenvalue weighted by atomic mass is 9.94. The lowest BCUT2D eigenvalue weighted by molar-refractivity contribution is -0.129. The highest BCUT2D eigenvalue weighted by Crippen LogP contribution is 2.19. The molecule has 2 N–H and O–H groups in total. The van der Waals surface area contributed by atoms with Crippen LogP contribution in [0.5, 0.6) is 0 Å². The van der Waals surface area contributed by atoms with Crippen molar-refractivity contribution >= 4 is 11.8 Å². The number of nitrogens with one attached hydrogen (secondary N) is 2. The number of hydrogen-bond acceptors (Lipinski definition) is 4. The summed E-state index contributed by atoms with van der Waals surface area (Å²) in [7, 11) is 0. The molecule has 2 unspecified atom stereocenters. The molecule has 2 atom stereocenters. The topological polar surface area (TPSA) is 70.7 Å². The molecule has 172 valence electrons. The first kappa shape index (κ1) is 24.0. The van der Waals surface area contributed by atoms with Crippen LogP contribution in [0.25, 0.3) is 0 Å². The Morgan fingerprint density at radius 3 is 2.28 bits per heavy atom. The number of amides is 2. The predicted octanol–water partition coefficient (Wildman–Crippen LogP) is 2.75. The van der Waals surface area contributed by atoms with E-state index >= 15 is 0 Å². The molecule has 0 spiro atoms. The molecule has 0 aliphatic carbocycles.